The molecule has 152 valence electrons. The van der Waals surface area contributed by atoms with Crippen LogP contribution in [-0.2, 0) is 22.6 Å². The van der Waals surface area contributed by atoms with Crippen molar-refractivity contribution in [3.63, 3.8) is 0 Å². The maximum Gasteiger partial charge on any atom is 0.435 e. The van der Waals surface area contributed by atoms with E-state index < -0.39 is 27.5 Å². The number of aromatic nitrogens is 2. The summed E-state index contributed by atoms with van der Waals surface area (Å²) in [7, 11) is -3.47. The second-order valence-corrected chi connectivity index (χ2v) is 8.36. The smallest absolute Gasteiger partial charge is 0.260 e. The van der Waals surface area contributed by atoms with Gasteiger partial charge in [0.05, 0.1) is 17.1 Å². The average molecular weight is 424 g/mol. The van der Waals surface area contributed by atoms with E-state index in [9.17, 15) is 26.0 Å². The molecule has 0 amide bonds. The highest BCUT2D eigenvalue weighted by atomic mass is 32.2. The van der Waals surface area contributed by atoms with Gasteiger partial charge in [-0.1, -0.05) is 30.3 Å². The molecule has 1 heterocycles. The fourth-order valence-electron chi connectivity index (χ4n) is 2.96. The summed E-state index contributed by atoms with van der Waals surface area (Å²) in [5.74, 6) is -0.583. The van der Waals surface area contributed by atoms with Crippen LogP contribution in [0.15, 0.2) is 66.1 Å². The predicted molar refractivity (Wildman–Crippen MR) is 101 cm³/mol. The van der Waals surface area contributed by atoms with Crippen molar-refractivity contribution < 1.29 is 26.0 Å². The maximum atomic E-state index is 13.7. The molecule has 3 aromatic rings. The number of allylic oxidation sites excluding steroid dienone is 1. The number of sulfone groups is 1. The molecule has 0 aliphatic heterocycles. The maximum absolute atomic E-state index is 13.7. The minimum Gasteiger partial charge on any atom is -0.260 e. The molecule has 9 heteroatoms. The molecule has 0 radical (unpaired) electrons. The van der Waals surface area contributed by atoms with E-state index in [1.54, 1.807) is 0 Å². The summed E-state index contributed by atoms with van der Waals surface area (Å²) in [6, 6.07) is 10.1. The zero-order valence-electron chi connectivity index (χ0n) is 15.2. The number of benzene rings is 2. The standard InChI is InChI=1S/C20H16F4N2O2S/c1-3-12-26-18(14-6-10-16(11-7-14)29(2,27)28)17(19(25-26)20(22,23)24)13-4-8-15(21)9-5-13/h3-11H,1,12H2,2H3. The zero-order chi connectivity index (χ0) is 21.4. The molecule has 0 atom stereocenters. The molecule has 0 aliphatic rings. The molecule has 0 unspecified atom stereocenters. The Bertz CT molecular complexity index is 1150. The van der Waals surface area contributed by atoms with Gasteiger partial charge in [0.2, 0.25) is 0 Å². The zero-order valence-corrected chi connectivity index (χ0v) is 16.1. The van der Waals surface area contributed by atoms with Gasteiger partial charge in [0, 0.05) is 17.4 Å². The Morgan fingerprint density at radius 1 is 1.03 bits per heavy atom. The van der Waals surface area contributed by atoms with E-state index in [-0.39, 0.29) is 28.3 Å². The van der Waals surface area contributed by atoms with Crippen molar-refractivity contribution in [1.29, 1.82) is 0 Å². The molecule has 0 saturated carbocycles. The monoisotopic (exact) mass is 424 g/mol. The van der Waals surface area contributed by atoms with Crippen molar-refractivity contribution >= 4 is 9.84 Å². The SMILES string of the molecule is C=CCn1nc(C(F)(F)F)c(-c2ccc(F)cc2)c1-c1ccc(S(C)(=O)=O)cc1. The summed E-state index contributed by atoms with van der Waals surface area (Å²) in [6.07, 6.45) is -2.32. The lowest BCUT2D eigenvalue weighted by Crippen LogP contribution is -2.08. The first-order valence-electron chi connectivity index (χ1n) is 8.37. The van der Waals surface area contributed by atoms with Crippen LogP contribution in [0.3, 0.4) is 0 Å². The van der Waals surface area contributed by atoms with E-state index in [1.165, 1.54) is 42.5 Å². The second kappa shape index (κ2) is 7.47. The second-order valence-electron chi connectivity index (χ2n) is 6.34. The molecule has 0 aliphatic carbocycles. The first kappa shape index (κ1) is 20.8. The van der Waals surface area contributed by atoms with Crippen molar-refractivity contribution in [1.82, 2.24) is 9.78 Å². The number of alkyl halides is 3. The molecular formula is C20H16F4N2O2S. The molecule has 0 saturated heterocycles. The quantitative estimate of drug-likeness (QED) is 0.430. The van der Waals surface area contributed by atoms with Crippen LogP contribution in [0.2, 0.25) is 0 Å². The Kier molecular flexibility index (Phi) is 5.36. The lowest BCUT2D eigenvalue weighted by atomic mass is 9.98. The van der Waals surface area contributed by atoms with Crippen LogP contribution < -0.4 is 0 Å². The highest BCUT2D eigenvalue weighted by Crippen LogP contribution is 2.42. The predicted octanol–water partition coefficient (Wildman–Crippen LogP) is 4.96. The van der Waals surface area contributed by atoms with E-state index in [2.05, 4.69) is 11.7 Å². The third kappa shape index (κ3) is 4.24. The van der Waals surface area contributed by atoms with Gasteiger partial charge in [-0.05, 0) is 29.8 Å². The minimum absolute atomic E-state index is 0.00651. The van der Waals surface area contributed by atoms with E-state index >= 15 is 0 Å². The minimum atomic E-state index is -4.75. The van der Waals surface area contributed by atoms with E-state index in [0.717, 1.165) is 23.1 Å². The van der Waals surface area contributed by atoms with Crippen molar-refractivity contribution in [2.45, 2.75) is 17.6 Å². The Balaban J connectivity index is 2.33. The molecular weight excluding hydrogens is 408 g/mol. The molecule has 2 aromatic carbocycles. The molecule has 29 heavy (non-hydrogen) atoms. The van der Waals surface area contributed by atoms with Gasteiger partial charge >= 0.3 is 6.18 Å². The third-order valence-corrected chi connectivity index (χ3v) is 5.34. The van der Waals surface area contributed by atoms with Crippen LogP contribution in [-0.4, -0.2) is 24.5 Å². The molecule has 4 nitrogen and oxygen atoms in total. The number of nitrogens with zero attached hydrogens (tertiary/aromatic N) is 2. The fourth-order valence-corrected chi connectivity index (χ4v) is 3.59. The van der Waals surface area contributed by atoms with Gasteiger partial charge in [-0.2, -0.15) is 18.3 Å². The normalized spacial score (nSPS) is 12.2. The van der Waals surface area contributed by atoms with Crippen LogP contribution >= 0.6 is 0 Å². The summed E-state index contributed by atoms with van der Waals surface area (Å²) in [6.45, 7) is 3.55. The number of halogens is 4. The highest BCUT2D eigenvalue weighted by Gasteiger charge is 2.39. The molecule has 0 fully saturated rings. The Morgan fingerprint density at radius 2 is 1.59 bits per heavy atom. The summed E-state index contributed by atoms with van der Waals surface area (Å²) in [5, 5.41) is 3.73. The number of hydrogen-bond acceptors (Lipinski definition) is 3. The fraction of sp³-hybridized carbons (Fsp3) is 0.150. The largest absolute Gasteiger partial charge is 0.435 e. The van der Waals surface area contributed by atoms with Crippen molar-refractivity contribution in [2.24, 2.45) is 0 Å². The van der Waals surface area contributed by atoms with E-state index in [1.807, 2.05) is 0 Å². The topological polar surface area (TPSA) is 52.0 Å². The number of hydrogen-bond donors (Lipinski definition) is 0. The third-order valence-electron chi connectivity index (χ3n) is 4.21. The van der Waals surface area contributed by atoms with E-state index in [0.29, 0.717) is 5.56 Å². The van der Waals surface area contributed by atoms with Crippen LogP contribution in [0, 0.1) is 5.82 Å². The van der Waals surface area contributed by atoms with Crippen molar-refractivity contribution in [3.05, 3.63) is 72.7 Å². The Labute approximate surface area is 165 Å². The van der Waals surface area contributed by atoms with Gasteiger partial charge in [-0.25, -0.2) is 12.8 Å². The van der Waals surface area contributed by atoms with Gasteiger partial charge < -0.3 is 0 Å². The summed E-state index contributed by atoms with van der Waals surface area (Å²) in [5.41, 5.74) is -0.735. The summed E-state index contributed by atoms with van der Waals surface area (Å²) >= 11 is 0. The van der Waals surface area contributed by atoms with Crippen LogP contribution in [0.25, 0.3) is 22.4 Å². The van der Waals surface area contributed by atoms with E-state index in [4.69, 9.17) is 0 Å². The molecule has 1 aromatic heterocycles. The van der Waals surface area contributed by atoms with Crippen LogP contribution in [0.5, 0.6) is 0 Å². The lowest BCUT2D eigenvalue weighted by molar-refractivity contribution is -0.141. The lowest BCUT2D eigenvalue weighted by Gasteiger charge is -2.11. The van der Waals surface area contributed by atoms with Crippen LogP contribution in [0.4, 0.5) is 17.6 Å². The van der Waals surface area contributed by atoms with Gasteiger partial charge in [0.25, 0.3) is 0 Å². The molecule has 0 spiro atoms. The van der Waals surface area contributed by atoms with Crippen LogP contribution in [0.1, 0.15) is 5.69 Å². The van der Waals surface area contributed by atoms with Crippen molar-refractivity contribution in [2.75, 3.05) is 6.26 Å². The number of rotatable bonds is 5. The van der Waals surface area contributed by atoms with Gasteiger partial charge in [-0.15, -0.1) is 6.58 Å². The first-order valence-corrected chi connectivity index (χ1v) is 10.3. The summed E-state index contributed by atoms with van der Waals surface area (Å²) < 4.78 is 79.0. The summed E-state index contributed by atoms with van der Waals surface area (Å²) in [4.78, 5) is 0.0374. The Morgan fingerprint density at radius 3 is 2.07 bits per heavy atom. The molecule has 3 rings (SSSR count). The molecule has 0 N–H and O–H groups in total. The first-order chi connectivity index (χ1) is 13.5. The molecule has 0 bridgehead atoms. The Hall–Kier alpha value is -2.94. The van der Waals surface area contributed by atoms with Gasteiger partial charge in [0.1, 0.15) is 5.82 Å². The average Bonchev–Trinajstić information content (AvgIpc) is 3.02. The van der Waals surface area contributed by atoms with Gasteiger partial charge in [0.15, 0.2) is 15.5 Å². The van der Waals surface area contributed by atoms with Gasteiger partial charge in [-0.3, -0.25) is 4.68 Å². The van der Waals surface area contributed by atoms with Crippen molar-refractivity contribution in [3.8, 4) is 22.4 Å². The highest BCUT2D eigenvalue weighted by molar-refractivity contribution is 7.90.